The zero-order chi connectivity index (χ0) is 7.82. The molecule has 0 bridgehead atoms. The quantitative estimate of drug-likeness (QED) is 0.452. The van der Waals surface area contributed by atoms with Crippen LogP contribution in [-0.4, -0.2) is 11.5 Å². The van der Waals surface area contributed by atoms with E-state index in [0.29, 0.717) is 6.42 Å². The monoisotopic (exact) mass is 157 g/mol. The molecule has 0 unspecified atom stereocenters. The normalized spacial score (nSPS) is 8.80. The lowest BCUT2D eigenvalue weighted by molar-refractivity contribution is -0.117. The Morgan fingerprint density at radius 2 is 2.30 bits per heavy atom. The maximum Gasteiger partial charge on any atom is 0.133 e. The summed E-state index contributed by atoms with van der Waals surface area (Å²) in [5.41, 5.74) is 0. The molecule has 0 saturated carbocycles. The fourth-order valence-electron chi connectivity index (χ4n) is 0.594. The maximum atomic E-state index is 10.4. The number of thioether (sulfide) groups is 1. The second kappa shape index (κ2) is 6.63. The number of ketones is 1. The Morgan fingerprint density at radius 3 is 2.80 bits per heavy atom. The number of rotatable bonds is 5. The molecule has 0 heterocycles. The molecule has 0 amide bonds. The number of carbonyl (C=O) groups excluding carboxylic acids is 1. The van der Waals surface area contributed by atoms with Crippen LogP contribution in [0.15, 0.2) is 0 Å². The summed E-state index contributed by atoms with van der Waals surface area (Å²) in [6.45, 7) is 1.59. The first-order chi connectivity index (χ1) is 4.77. The molecule has 0 fully saturated rings. The second-order valence-electron chi connectivity index (χ2n) is 2.10. The summed E-state index contributed by atoms with van der Waals surface area (Å²) in [7, 11) is 0. The van der Waals surface area contributed by atoms with Crippen molar-refractivity contribution in [2.45, 2.75) is 26.2 Å². The van der Waals surface area contributed by atoms with Gasteiger partial charge in [-0.15, -0.1) is 0 Å². The molecule has 0 radical (unpaired) electrons. The van der Waals surface area contributed by atoms with Gasteiger partial charge in [-0.2, -0.15) is 5.26 Å². The van der Waals surface area contributed by atoms with Crippen LogP contribution in [0.2, 0.25) is 0 Å². The standard InChI is InChI=1S/C7H11NOS/c1-7(9)4-2-3-5-10-6-8/h2-5H2,1H3. The minimum absolute atomic E-state index is 0.238. The molecule has 0 aromatic carbocycles. The first-order valence-electron chi connectivity index (χ1n) is 3.27. The number of carbonyl (C=O) groups is 1. The summed E-state index contributed by atoms with van der Waals surface area (Å²) in [5, 5.41) is 10.1. The summed E-state index contributed by atoms with van der Waals surface area (Å²) in [4.78, 5) is 10.4. The number of thiocyanates is 1. The molecule has 0 N–H and O–H groups in total. The van der Waals surface area contributed by atoms with Gasteiger partial charge < -0.3 is 4.79 Å². The summed E-state index contributed by atoms with van der Waals surface area (Å²) >= 11 is 1.25. The lowest BCUT2D eigenvalue weighted by Gasteiger charge is -1.92. The number of Topliss-reactive ketones (excluding diaryl/α,β-unsaturated/α-hetero) is 1. The van der Waals surface area contributed by atoms with Crippen LogP contribution in [-0.2, 0) is 4.79 Å². The fourth-order valence-corrected chi connectivity index (χ4v) is 1.03. The molecule has 0 atom stereocenters. The molecule has 56 valence electrons. The van der Waals surface area contributed by atoms with E-state index < -0.39 is 0 Å². The summed E-state index contributed by atoms with van der Waals surface area (Å²) < 4.78 is 0. The minimum atomic E-state index is 0.238. The molecule has 0 aliphatic rings. The molecule has 0 spiro atoms. The van der Waals surface area contributed by atoms with Gasteiger partial charge in [0.1, 0.15) is 11.2 Å². The Morgan fingerprint density at radius 1 is 1.60 bits per heavy atom. The number of unbranched alkanes of at least 4 members (excludes halogenated alkanes) is 1. The number of hydrogen-bond acceptors (Lipinski definition) is 3. The van der Waals surface area contributed by atoms with Crippen molar-refractivity contribution in [1.82, 2.24) is 0 Å². The Balaban J connectivity index is 2.92. The summed E-state index contributed by atoms with van der Waals surface area (Å²) in [5.74, 6) is 1.09. The molecular weight excluding hydrogens is 146 g/mol. The number of nitrogens with zero attached hydrogens (tertiary/aromatic N) is 1. The Labute approximate surface area is 65.6 Å². The van der Waals surface area contributed by atoms with Crippen molar-refractivity contribution in [2.24, 2.45) is 0 Å². The lowest BCUT2D eigenvalue weighted by atomic mass is 10.2. The minimum Gasteiger partial charge on any atom is -0.300 e. The number of hydrogen-bond donors (Lipinski definition) is 0. The van der Waals surface area contributed by atoms with E-state index in [4.69, 9.17) is 5.26 Å². The van der Waals surface area contributed by atoms with Gasteiger partial charge in [0.2, 0.25) is 0 Å². The zero-order valence-corrected chi connectivity index (χ0v) is 6.91. The third-order valence-corrected chi connectivity index (χ3v) is 1.71. The van der Waals surface area contributed by atoms with E-state index in [9.17, 15) is 4.79 Å². The molecular formula is C7H11NOS. The lowest BCUT2D eigenvalue weighted by Crippen LogP contribution is -1.89. The molecule has 10 heavy (non-hydrogen) atoms. The Bertz CT molecular complexity index is 139. The van der Waals surface area contributed by atoms with Crippen molar-refractivity contribution in [3.05, 3.63) is 0 Å². The smallest absolute Gasteiger partial charge is 0.133 e. The molecule has 0 aromatic rings. The van der Waals surface area contributed by atoms with Crippen molar-refractivity contribution in [1.29, 1.82) is 5.26 Å². The largest absolute Gasteiger partial charge is 0.300 e. The van der Waals surface area contributed by atoms with Gasteiger partial charge in [-0.3, -0.25) is 0 Å². The molecule has 2 nitrogen and oxygen atoms in total. The van der Waals surface area contributed by atoms with Crippen LogP contribution in [0.25, 0.3) is 0 Å². The van der Waals surface area contributed by atoms with Gasteiger partial charge in [0.15, 0.2) is 0 Å². The molecule has 0 aromatic heterocycles. The van der Waals surface area contributed by atoms with Crippen molar-refractivity contribution in [3.63, 3.8) is 0 Å². The van der Waals surface area contributed by atoms with Gasteiger partial charge in [0.25, 0.3) is 0 Å². The van der Waals surface area contributed by atoms with E-state index in [1.54, 1.807) is 6.92 Å². The van der Waals surface area contributed by atoms with Crippen molar-refractivity contribution in [3.8, 4) is 5.40 Å². The molecule has 0 saturated heterocycles. The van der Waals surface area contributed by atoms with Gasteiger partial charge in [-0.05, 0) is 31.5 Å². The van der Waals surface area contributed by atoms with Gasteiger partial charge in [-0.25, -0.2) is 0 Å². The average molecular weight is 157 g/mol. The van der Waals surface area contributed by atoms with E-state index in [1.165, 1.54) is 11.8 Å². The first-order valence-corrected chi connectivity index (χ1v) is 4.26. The molecule has 3 heteroatoms. The highest BCUT2D eigenvalue weighted by Gasteiger charge is 1.92. The van der Waals surface area contributed by atoms with Crippen LogP contribution in [0.3, 0.4) is 0 Å². The highest BCUT2D eigenvalue weighted by molar-refractivity contribution is 8.03. The van der Waals surface area contributed by atoms with E-state index >= 15 is 0 Å². The summed E-state index contributed by atoms with van der Waals surface area (Å²) in [6.07, 6.45) is 2.55. The molecule has 0 aliphatic carbocycles. The van der Waals surface area contributed by atoms with Gasteiger partial charge >= 0.3 is 0 Å². The van der Waals surface area contributed by atoms with E-state index in [2.05, 4.69) is 0 Å². The van der Waals surface area contributed by atoms with Crippen molar-refractivity contribution >= 4 is 17.5 Å². The van der Waals surface area contributed by atoms with Crippen molar-refractivity contribution < 1.29 is 4.79 Å². The highest BCUT2D eigenvalue weighted by atomic mass is 32.2. The second-order valence-corrected chi connectivity index (χ2v) is 2.98. The highest BCUT2D eigenvalue weighted by Crippen LogP contribution is 2.03. The number of nitriles is 1. The van der Waals surface area contributed by atoms with Crippen LogP contribution in [0, 0.1) is 10.7 Å². The first kappa shape index (κ1) is 9.51. The Kier molecular flexibility index (Phi) is 6.30. The van der Waals surface area contributed by atoms with E-state index in [-0.39, 0.29) is 5.78 Å². The topological polar surface area (TPSA) is 40.9 Å². The predicted octanol–water partition coefficient (Wildman–Crippen LogP) is 1.96. The van der Waals surface area contributed by atoms with Crippen LogP contribution >= 0.6 is 11.8 Å². The van der Waals surface area contributed by atoms with Crippen LogP contribution in [0.1, 0.15) is 26.2 Å². The Hall–Kier alpha value is -0.490. The van der Waals surface area contributed by atoms with Crippen LogP contribution in [0.4, 0.5) is 0 Å². The van der Waals surface area contributed by atoms with E-state index in [0.717, 1.165) is 18.6 Å². The SMILES string of the molecule is CC(=O)CCCCSC#N. The van der Waals surface area contributed by atoms with Crippen LogP contribution in [0.5, 0.6) is 0 Å². The average Bonchev–Trinajstić information content (AvgIpc) is 1.87. The maximum absolute atomic E-state index is 10.4. The fraction of sp³-hybridized carbons (Fsp3) is 0.714. The molecule has 0 rings (SSSR count). The third-order valence-electron chi connectivity index (χ3n) is 1.09. The summed E-state index contributed by atoms with van der Waals surface area (Å²) in [6, 6.07) is 0. The van der Waals surface area contributed by atoms with Crippen molar-refractivity contribution in [2.75, 3.05) is 5.75 Å². The van der Waals surface area contributed by atoms with Gasteiger partial charge in [0.05, 0.1) is 0 Å². The third kappa shape index (κ3) is 7.51. The van der Waals surface area contributed by atoms with Gasteiger partial charge in [-0.1, -0.05) is 0 Å². The van der Waals surface area contributed by atoms with Crippen LogP contribution < -0.4 is 0 Å². The zero-order valence-electron chi connectivity index (χ0n) is 6.09. The molecule has 0 aliphatic heterocycles. The van der Waals surface area contributed by atoms with E-state index in [1.807, 2.05) is 5.40 Å². The van der Waals surface area contributed by atoms with Gasteiger partial charge in [0, 0.05) is 12.2 Å². The predicted molar refractivity (Wildman–Crippen MR) is 42.6 cm³/mol.